The lowest BCUT2D eigenvalue weighted by Gasteiger charge is -2.16. The molecule has 0 aliphatic rings. The molecule has 0 spiro atoms. The molecular weight excluding hydrogens is 332 g/mol. The monoisotopic (exact) mass is 348 g/mol. The zero-order valence-corrected chi connectivity index (χ0v) is 13.6. The summed E-state index contributed by atoms with van der Waals surface area (Å²) in [7, 11) is -3.08. The summed E-state index contributed by atoms with van der Waals surface area (Å²) in [6, 6.07) is 3.84. The van der Waals surface area contributed by atoms with Gasteiger partial charge in [-0.2, -0.15) is 16.5 Å². The molecule has 0 radical (unpaired) electrons. The van der Waals surface area contributed by atoms with Crippen LogP contribution >= 0.6 is 11.8 Å². The first-order valence-corrected chi connectivity index (χ1v) is 9.03. The standard InChI is InChI=1S/C12H16N2O6S2/c1-20-12(15)9(7-8-21-2)13-22(18,19)11-6-4-3-5-10(11)14(16)17/h3-6,9,13H,7-8H2,1-2H3. The average molecular weight is 348 g/mol. The van der Waals surface area contributed by atoms with Crippen LogP contribution < -0.4 is 4.72 Å². The Labute approximate surface area is 132 Å². The lowest BCUT2D eigenvalue weighted by Crippen LogP contribution is -2.42. The molecule has 1 N–H and O–H groups in total. The van der Waals surface area contributed by atoms with Gasteiger partial charge in [-0.1, -0.05) is 12.1 Å². The van der Waals surface area contributed by atoms with Gasteiger partial charge in [0.05, 0.1) is 12.0 Å². The molecule has 0 saturated heterocycles. The molecule has 1 aromatic carbocycles. The number of rotatable bonds is 8. The van der Waals surface area contributed by atoms with E-state index in [0.717, 1.165) is 19.2 Å². The van der Waals surface area contributed by atoms with Gasteiger partial charge in [0.25, 0.3) is 5.69 Å². The quantitative estimate of drug-likeness (QED) is 0.426. The normalized spacial score (nSPS) is 12.6. The van der Waals surface area contributed by atoms with E-state index in [1.807, 2.05) is 6.26 Å². The highest BCUT2D eigenvalue weighted by atomic mass is 32.2. The summed E-state index contributed by atoms with van der Waals surface area (Å²) >= 11 is 1.44. The third-order valence-electron chi connectivity index (χ3n) is 2.75. The van der Waals surface area contributed by atoms with Gasteiger partial charge in [-0.25, -0.2) is 8.42 Å². The smallest absolute Gasteiger partial charge is 0.323 e. The number of sulfonamides is 1. The SMILES string of the molecule is COC(=O)C(CCSC)NS(=O)(=O)c1ccccc1[N+](=O)[O-]. The summed E-state index contributed by atoms with van der Waals surface area (Å²) in [4.78, 5) is 21.3. The fraction of sp³-hybridized carbons (Fsp3) is 0.417. The number of nitrogens with one attached hydrogen (secondary N) is 1. The van der Waals surface area contributed by atoms with Crippen LogP contribution in [0.5, 0.6) is 0 Å². The van der Waals surface area contributed by atoms with Crippen LogP contribution in [0.2, 0.25) is 0 Å². The van der Waals surface area contributed by atoms with E-state index < -0.39 is 37.5 Å². The van der Waals surface area contributed by atoms with E-state index in [4.69, 9.17) is 0 Å². The molecule has 1 atom stereocenters. The topological polar surface area (TPSA) is 116 Å². The molecule has 0 saturated carbocycles. The molecule has 1 rings (SSSR count). The summed E-state index contributed by atoms with van der Waals surface area (Å²) in [6.07, 6.45) is 2.03. The highest BCUT2D eigenvalue weighted by Crippen LogP contribution is 2.23. The van der Waals surface area contributed by atoms with Crippen LogP contribution in [-0.4, -0.2) is 44.5 Å². The van der Waals surface area contributed by atoms with E-state index in [1.54, 1.807) is 0 Å². The number of para-hydroxylation sites is 1. The minimum atomic E-state index is -4.22. The molecular formula is C12H16N2O6S2. The number of ether oxygens (including phenoxy) is 1. The molecule has 122 valence electrons. The van der Waals surface area contributed by atoms with Crippen LogP contribution in [0.4, 0.5) is 5.69 Å². The molecule has 0 aromatic heterocycles. The van der Waals surface area contributed by atoms with Gasteiger partial charge in [-0.3, -0.25) is 14.9 Å². The highest BCUT2D eigenvalue weighted by molar-refractivity contribution is 7.98. The van der Waals surface area contributed by atoms with E-state index in [2.05, 4.69) is 9.46 Å². The van der Waals surface area contributed by atoms with Gasteiger partial charge in [0.1, 0.15) is 6.04 Å². The van der Waals surface area contributed by atoms with E-state index in [1.165, 1.54) is 23.9 Å². The van der Waals surface area contributed by atoms with Crippen molar-refractivity contribution < 1.29 is 22.9 Å². The molecule has 10 heteroatoms. The molecule has 8 nitrogen and oxygen atoms in total. The number of carbonyl (C=O) groups excluding carboxylic acids is 1. The number of hydrogen-bond donors (Lipinski definition) is 1. The summed E-state index contributed by atoms with van der Waals surface area (Å²) < 4.78 is 31.4. The first-order valence-electron chi connectivity index (χ1n) is 6.16. The average Bonchev–Trinajstić information content (AvgIpc) is 2.50. The molecule has 1 aromatic rings. The fourth-order valence-electron chi connectivity index (χ4n) is 1.69. The van der Waals surface area contributed by atoms with Crippen molar-refractivity contribution in [1.82, 2.24) is 4.72 Å². The first kappa shape index (κ1) is 18.4. The fourth-order valence-corrected chi connectivity index (χ4v) is 3.55. The lowest BCUT2D eigenvalue weighted by molar-refractivity contribution is -0.387. The largest absolute Gasteiger partial charge is 0.468 e. The van der Waals surface area contributed by atoms with Crippen LogP contribution in [0.3, 0.4) is 0 Å². The maximum Gasteiger partial charge on any atom is 0.323 e. The zero-order valence-electron chi connectivity index (χ0n) is 12.0. The first-order chi connectivity index (χ1) is 10.3. The van der Waals surface area contributed by atoms with Crippen LogP contribution in [0, 0.1) is 10.1 Å². The van der Waals surface area contributed by atoms with Crippen LogP contribution in [0.25, 0.3) is 0 Å². The van der Waals surface area contributed by atoms with Crippen molar-refractivity contribution in [1.29, 1.82) is 0 Å². The van der Waals surface area contributed by atoms with E-state index in [-0.39, 0.29) is 6.42 Å². The van der Waals surface area contributed by atoms with E-state index in [0.29, 0.717) is 5.75 Å². The summed E-state index contributed by atoms with van der Waals surface area (Å²) in [5.74, 6) is -0.213. The second kappa shape index (κ2) is 8.11. The summed E-state index contributed by atoms with van der Waals surface area (Å²) in [5.41, 5.74) is -0.552. The van der Waals surface area contributed by atoms with Crippen molar-refractivity contribution in [3.8, 4) is 0 Å². The van der Waals surface area contributed by atoms with Gasteiger partial charge in [0.2, 0.25) is 10.0 Å². The number of nitro benzene ring substituents is 1. The van der Waals surface area contributed by atoms with Gasteiger partial charge in [0.15, 0.2) is 4.90 Å². The number of benzene rings is 1. The van der Waals surface area contributed by atoms with Crippen LogP contribution in [0.15, 0.2) is 29.2 Å². The molecule has 0 aliphatic carbocycles. The van der Waals surface area contributed by atoms with E-state index >= 15 is 0 Å². The van der Waals surface area contributed by atoms with Crippen molar-refractivity contribution in [2.45, 2.75) is 17.4 Å². The Balaban J connectivity index is 3.12. The predicted molar refractivity (Wildman–Crippen MR) is 82.2 cm³/mol. The molecule has 0 fully saturated rings. The Kier molecular flexibility index (Phi) is 6.78. The van der Waals surface area contributed by atoms with Crippen molar-refractivity contribution in [3.05, 3.63) is 34.4 Å². The number of carbonyl (C=O) groups is 1. The van der Waals surface area contributed by atoms with Crippen LogP contribution in [-0.2, 0) is 19.6 Å². The Hall–Kier alpha value is -1.65. The second-order valence-corrected chi connectivity index (χ2v) is 6.87. The van der Waals surface area contributed by atoms with Crippen molar-refractivity contribution in [2.24, 2.45) is 0 Å². The Bertz CT molecular complexity index is 647. The van der Waals surface area contributed by atoms with Gasteiger partial charge in [-0.05, 0) is 24.5 Å². The minimum absolute atomic E-state index is 0.216. The zero-order chi connectivity index (χ0) is 16.8. The van der Waals surface area contributed by atoms with E-state index in [9.17, 15) is 23.3 Å². The third kappa shape index (κ3) is 4.68. The number of thioether (sulfide) groups is 1. The number of methoxy groups -OCH3 is 1. The Morgan fingerprint density at radius 2 is 2.09 bits per heavy atom. The summed E-state index contributed by atoms with van der Waals surface area (Å²) in [6.45, 7) is 0. The van der Waals surface area contributed by atoms with Crippen molar-refractivity contribution >= 4 is 33.4 Å². The Morgan fingerprint density at radius 1 is 1.45 bits per heavy atom. The molecule has 1 unspecified atom stereocenters. The molecule has 22 heavy (non-hydrogen) atoms. The highest BCUT2D eigenvalue weighted by Gasteiger charge is 2.30. The molecule has 0 heterocycles. The van der Waals surface area contributed by atoms with Gasteiger partial charge in [0, 0.05) is 6.07 Å². The molecule has 0 amide bonds. The third-order valence-corrected chi connectivity index (χ3v) is 4.91. The lowest BCUT2D eigenvalue weighted by atomic mass is 10.2. The van der Waals surface area contributed by atoms with Crippen molar-refractivity contribution in [2.75, 3.05) is 19.1 Å². The Morgan fingerprint density at radius 3 is 2.64 bits per heavy atom. The molecule has 0 bridgehead atoms. The number of nitrogens with zero attached hydrogens (tertiary/aromatic N) is 1. The van der Waals surface area contributed by atoms with Crippen LogP contribution in [0.1, 0.15) is 6.42 Å². The van der Waals surface area contributed by atoms with Gasteiger partial charge >= 0.3 is 5.97 Å². The second-order valence-electron chi connectivity index (χ2n) is 4.20. The maximum absolute atomic E-state index is 12.3. The minimum Gasteiger partial charge on any atom is -0.468 e. The predicted octanol–water partition coefficient (Wildman–Crippen LogP) is 1.17. The van der Waals surface area contributed by atoms with Crippen molar-refractivity contribution in [3.63, 3.8) is 0 Å². The number of nitro groups is 1. The summed E-state index contributed by atoms with van der Waals surface area (Å²) in [5, 5.41) is 10.9. The van der Waals surface area contributed by atoms with Gasteiger partial charge < -0.3 is 4.74 Å². The maximum atomic E-state index is 12.3. The molecule has 0 aliphatic heterocycles. The number of hydrogen-bond acceptors (Lipinski definition) is 7. The number of esters is 1. The van der Waals surface area contributed by atoms with Gasteiger partial charge in [-0.15, -0.1) is 0 Å².